The summed E-state index contributed by atoms with van der Waals surface area (Å²) in [7, 11) is -3.07. The first-order valence-electron chi connectivity index (χ1n) is 8.20. The SMILES string of the molecule is Cc1ccc(CC2(N[C@H](C)CNS(=O)(=O)C3CC3)CC2)cc1. The zero-order valence-corrected chi connectivity index (χ0v) is 14.2. The van der Waals surface area contributed by atoms with Crippen molar-refractivity contribution in [2.24, 2.45) is 0 Å². The van der Waals surface area contributed by atoms with Crippen LogP contribution in [0, 0.1) is 6.92 Å². The van der Waals surface area contributed by atoms with E-state index in [9.17, 15) is 8.42 Å². The minimum Gasteiger partial charge on any atom is -0.307 e. The molecular weight excluding hydrogens is 296 g/mol. The summed E-state index contributed by atoms with van der Waals surface area (Å²) in [6.45, 7) is 4.64. The normalized spacial score (nSPS) is 21.5. The molecule has 0 heterocycles. The Morgan fingerprint density at radius 3 is 2.41 bits per heavy atom. The average molecular weight is 322 g/mol. The van der Waals surface area contributed by atoms with Crippen molar-refractivity contribution < 1.29 is 8.42 Å². The molecule has 1 aromatic rings. The van der Waals surface area contributed by atoms with Gasteiger partial charge in [-0.05, 0) is 51.5 Å². The lowest BCUT2D eigenvalue weighted by Gasteiger charge is -2.23. The van der Waals surface area contributed by atoms with Gasteiger partial charge in [-0.3, -0.25) is 0 Å². The van der Waals surface area contributed by atoms with Gasteiger partial charge in [0.15, 0.2) is 0 Å². The summed E-state index contributed by atoms with van der Waals surface area (Å²) in [5.74, 6) is 0. The standard InChI is InChI=1S/C17H26N2O2S/c1-13-3-5-15(6-4-13)11-17(9-10-17)19-14(2)12-18-22(20,21)16-7-8-16/h3-6,14,16,18-19H,7-12H2,1-2H3/t14-/m1/s1. The van der Waals surface area contributed by atoms with Gasteiger partial charge in [0.05, 0.1) is 5.25 Å². The van der Waals surface area contributed by atoms with Gasteiger partial charge in [-0.2, -0.15) is 0 Å². The van der Waals surface area contributed by atoms with Gasteiger partial charge in [-0.25, -0.2) is 13.1 Å². The van der Waals surface area contributed by atoms with Crippen molar-refractivity contribution >= 4 is 10.0 Å². The summed E-state index contributed by atoms with van der Waals surface area (Å²) in [4.78, 5) is 0. The molecule has 0 aromatic heterocycles. The molecule has 4 nitrogen and oxygen atoms in total. The molecule has 1 atom stereocenters. The summed E-state index contributed by atoms with van der Waals surface area (Å²) in [6, 6.07) is 8.84. The van der Waals surface area contributed by atoms with Crippen LogP contribution in [0.1, 0.15) is 43.7 Å². The fourth-order valence-electron chi connectivity index (χ4n) is 2.93. The quantitative estimate of drug-likeness (QED) is 0.771. The van der Waals surface area contributed by atoms with Crippen molar-refractivity contribution in [2.75, 3.05) is 6.54 Å². The molecule has 122 valence electrons. The number of aryl methyl sites for hydroxylation is 1. The highest BCUT2D eigenvalue weighted by Gasteiger charge is 2.43. The van der Waals surface area contributed by atoms with Crippen molar-refractivity contribution in [1.82, 2.24) is 10.0 Å². The Kier molecular flexibility index (Phi) is 4.32. The van der Waals surface area contributed by atoms with Crippen LogP contribution in [0.2, 0.25) is 0 Å². The molecule has 2 aliphatic rings. The highest BCUT2D eigenvalue weighted by Crippen LogP contribution is 2.39. The van der Waals surface area contributed by atoms with Crippen LogP contribution in [0.25, 0.3) is 0 Å². The van der Waals surface area contributed by atoms with Gasteiger partial charge in [0.1, 0.15) is 0 Å². The Hall–Kier alpha value is -0.910. The van der Waals surface area contributed by atoms with E-state index in [1.165, 1.54) is 24.0 Å². The van der Waals surface area contributed by atoms with Gasteiger partial charge in [-0.15, -0.1) is 0 Å². The minimum absolute atomic E-state index is 0.137. The molecule has 2 saturated carbocycles. The van der Waals surface area contributed by atoms with Crippen LogP contribution in [-0.2, 0) is 16.4 Å². The number of hydrogen-bond donors (Lipinski definition) is 2. The van der Waals surface area contributed by atoms with Crippen LogP contribution in [0.5, 0.6) is 0 Å². The van der Waals surface area contributed by atoms with Crippen LogP contribution in [0.3, 0.4) is 0 Å². The maximum Gasteiger partial charge on any atom is 0.214 e. The fraction of sp³-hybridized carbons (Fsp3) is 0.647. The van der Waals surface area contributed by atoms with Crippen LogP contribution >= 0.6 is 0 Å². The molecule has 3 rings (SSSR count). The molecule has 0 bridgehead atoms. The Morgan fingerprint density at radius 2 is 1.86 bits per heavy atom. The summed E-state index contributed by atoms with van der Waals surface area (Å²) in [5, 5.41) is 3.50. The van der Waals surface area contributed by atoms with Crippen LogP contribution in [-0.4, -0.2) is 31.8 Å². The maximum absolute atomic E-state index is 11.9. The van der Waals surface area contributed by atoms with Crippen LogP contribution < -0.4 is 10.0 Å². The Balaban J connectivity index is 1.50. The largest absolute Gasteiger partial charge is 0.307 e. The van der Waals surface area contributed by atoms with E-state index in [4.69, 9.17) is 0 Å². The van der Waals surface area contributed by atoms with E-state index in [0.717, 1.165) is 19.3 Å². The van der Waals surface area contributed by atoms with Crippen molar-refractivity contribution in [3.05, 3.63) is 35.4 Å². The van der Waals surface area contributed by atoms with Crippen molar-refractivity contribution in [3.8, 4) is 0 Å². The topological polar surface area (TPSA) is 58.2 Å². The highest BCUT2D eigenvalue weighted by atomic mass is 32.2. The molecule has 0 spiro atoms. The smallest absolute Gasteiger partial charge is 0.214 e. The van der Waals surface area contributed by atoms with Gasteiger partial charge in [0.25, 0.3) is 0 Å². The number of nitrogens with one attached hydrogen (secondary N) is 2. The molecule has 5 heteroatoms. The monoisotopic (exact) mass is 322 g/mol. The second-order valence-corrected chi connectivity index (χ2v) is 9.13. The first kappa shape index (κ1) is 16.0. The molecule has 22 heavy (non-hydrogen) atoms. The van der Waals surface area contributed by atoms with Gasteiger partial charge >= 0.3 is 0 Å². The van der Waals surface area contributed by atoms with E-state index in [-0.39, 0.29) is 16.8 Å². The van der Waals surface area contributed by atoms with Crippen molar-refractivity contribution in [1.29, 1.82) is 0 Å². The Labute approximate surface area is 133 Å². The van der Waals surface area contributed by atoms with E-state index >= 15 is 0 Å². The number of benzene rings is 1. The maximum atomic E-state index is 11.9. The van der Waals surface area contributed by atoms with Gasteiger partial charge in [0, 0.05) is 18.1 Å². The summed E-state index contributed by atoms with van der Waals surface area (Å²) in [5.41, 5.74) is 2.80. The minimum atomic E-state index is -3.07. The molecule has 0 saturated heterocycles. The molecule has 0 radical (unpaired) electrons. The third-order valence-corrected chi connectivity index (χ3v) is 6.54. The average Bonchev–Trinajstić information content (AvgIpc) is 3.34. The summed E-state index contributed by atoms with van der Waals surface area (Å²) in [6.07, 6.45) is 4.98. The summed E-state index contributed by atoms with van der Waals surface area (Å²) >= 11 is 0. The first-order valence-corrected chi connectivity index (χ1v) is 9.75. The van der Waals surface area contributed by atoms with Crippen molar-refractivity contribution in [2.45, 2.75) is 62.8 Å². The van der Waals surface area contributed by atoms with E-state index in [0.29, 0.717) is 6.54 Å². The van der Waals surface area contributed by atoms with Gasteiger partial charge in [-0.1, -0.05) is 29.8 Å². The number of sulfonamides is 1. The lowest BCUT2D eigenvalue weighted by atomic mass is 10.0. The zero-order valence-electron chi connectivity index (χ0n) is 13.4. The van der Waals surface area contributed by atoms with E-state index in [2.05, 4.69) is 48.2 Å². The zero-order chi connectivity index (χ0) is 15.8. The van der Waals surface area contributed by atoms with Crippen LogP contribution in [0.4, 0.5) is 0 Å². The fourth-order valence-corrected chi connectivity index (χ4v) is 4.41. The molecular formula is C17H26N2O2S. The van der Waals surface area contributed by atoms with Gasteiger partial charge < -0.3 is 5.32 Å². The molecule has 2 N–H and O–H groups in total. The predicted octanol–water partition coefficient (Wildman–Crippen LogP) is 2.13. The molecule has 0 amide bonds. The van der Waals surface area contributed by atoms with Gasteiger partial charge in [0.2, 0.25) is 10.0 Å². The summed E-state index contributed by atoms with van der Waals surface area (Å²) < 4.78 is 26.5. The molecule has 2 fully saturated rings. The lowest BCUT2D eigenvalue weighted by molar-refractivity contribution is 0.421. The molecule has 0 unspecified atom stereocenters. The van der Waals surface area contributed by atoms with Crippen LogP contribution in [0.15, 0.2) is 24.3 Å². The molecule has 0 aliphatic heterocycles. The van der Waals surface area contributed by atoms with E-state index in [1.54, 1.807) is 0 Å². The third kappa shape index (κ3) is 4.09. The highest BCUT2D eigenvalue weighted by molar-refractivity contribution is 7.90. The third-order valence-electron chi connectivity index (χ3n) is 4.62. The number of rotatable bonds is 8. The lowest BCUT2D eigenvalue weighted by Crippen LogP contribution is -2.46. The molecule has 1 aromatic carbocycles. The Bertz CT molecular complexity index is 617. The van der Waals surface area contributed by atoms with E-state index in [1.807, 2.05) is 0 Å². The molecule has 2 aliphatic carbocycles. The second-order valence-electron chi connectivity index (χ2n) is 7.08. The Morgan fingerprint density at radius 1 is 1.23 bits per heavy atom. The first-order chi connectivity index (χ1) is 10.4. The number of hydrogen-bond acceptors (Lipinski definition) is 3. The predicted molar refractivity (Wildman–Crippen MR) is 89.4 cm³/mol. The second kappa shape index (κ2) is 5.95. The van der Waals surface area contributed by atoms with E-state index < -0.39 is 10.0 Å². The van der Waals surface area contributed by atoms with Crippen molar-refractivity contribution in [3.63, 3.8) is 0 Å².